The highest BCUT2D eigenvalue weighted by Crippen LogP contribution is 2.38. The number of hydrogen-bond donors (Lipinski definition) is 1. The van der Waals surface area contributed by atoms with Crippen molar-refractivity contribution in [3.63, 3.8) is 0 Å². The number of carbonyl (C=O) groups excluding carboxylic acids is 1. The molecular weight excluding hydrogens is 442 g/mol. The summed E-state index contributed by atoms with van der Waals surface area (Å²) in [5, 5.41) is 1.11. The first-order chi connectivity index (χ1) is 15.5. The number of anilines is 1. The number of fused-ring (bicyclic) bond motifs is 1. The molecule has 1 aromatic heterocycles. The Kier molecular flexibility index (Phi) is 5.86. The highest BCUT2D eigenvalue weighted by atomic mass is 32.2. The molecule has 1 saturated heterocycles. The minimum absolute atomic E-state index is 0.000657. The number of hydrogen-bond acceptors (Lipinski definition) is 6. The van der Waals surface area contributed by atoms with Crippen LogP contribution in [0, 0.1) is 0 Å². The predicted octanol–water partition coefficient (Wildman–Crippen LogP) is 3.33. The number of thiophene rings is 1. The summed E-state index contributed by atoms with van der Waals surface area (Å²) < 4.78 is 29.1. The minimum atomic E-state index is -3.61. The molecule has 2 heterocycles. The van der Waals surface area contributed by atoms with Gasteiger partial charge in [-0.1, -0.05) is 42.5 Å². The van der Waals surface area contributed by atoms with E-state index in [4.69, 9.17) is 0 Å². The summed E-state index contributed by atoms with van der Waals surface area (Å²) in [6.45, 7) is 3.35. The van der Waals surface area contributed by atoms with Crippen LogP contribution >= 0.6 is 11.3 Å². The highest BCUT2D eigenvalue weighted by Gasteiger charge is 2.39. The van der Waals surface area contributed by atoms with E-state index >= 15 is 0 Å². The molecule has 166 valence electrons. The van der Waals surface area contributed by atoms with E-state index in [9.17, 15) is 13.2 Å². The molecule has 2 aliphatic rings. The average Bonchev–Trinajstić information content (AvgIpc) is 3.44. The molecule has 1 aliphatic heterocycles. The lowest BCUT2D eigenvalue weighted by Crippen LogP contribution is -2.52. The molecule has 1 N–H and O–H groups in total. The van der Waals surface area contributed by atoms with Gasteiger partial charge in [-0.15, -0.1) is 11.3 Å². The first-order valence-corrected chi connectivity index (χ1v) is 13.0. The zero-order valence-corrected chi connectivity index (χ0v) is 19.2. The quantitative estimate of drug-likeness (QED) is 0.563. The van der Waals surface area contributed by atoms with Crippen molar-refractivity contribution >= 4 is 32.6 Å². The monoisotopic (exact) mass is 467 g/mol. The maximum absolute atomic E-state index is 13.1. The second-order valence-electron chi connectivity index (χ2n) is 8.21. The number of nitrogens with zero attached hydrogens (tertiary/aromatic N) is 2. The van der Waals surface area contributed by atoms with Crippen molar-refractivity contribution in [3.05, 3.63) is 82.7 Å². The second-order valence-corrected chi connectivity index (χ2v) is 11.0. The van der Waals surface area contributed by atoms with E-state index in [1.165, 1.54) is 22.5 Å². The number of nitrogens with one attached hydrogen (secondary N) is 1. The van der Waals surface area contributed by atoms with Gasteiger partial charge >= 0.3 is 0 Å². The van der Waals surface area contributed by atoms with Crippen molar-refractivity contribution in [3.8, 4) is 0 Å². The zero-order chi connectivity index (χ0) is 22.1. The van der Waals surface area contributed by atoms with Gasteiger partial charge in [-0.3, -0.25) is 9.69 Å². The molecule has 2 atom stereocenters. The van der Waals surface area contributed by atoms with E-state index in [-0.39, 0.29) is 12.1 Å². The number of aldehydes is 1. The fourth-order valence-electron chi connectivity index (χ4n) is 4.79. The average molecular weight is 468 g/mol. The Morgan fingerprint density at radius 3 is 2.34 bits per heavy atom. The summed E-state index contributed by atoms with van der Waals surface area (Å²) in [6.07, 6.45) is 1.57. The Balaban J connectivity index is 1.36. The third kappa shape index (κ3) is 4.11. The van der Waals surface area contributed by atoms with Gasteiger partial charge in [-0.25, -0.2) is 13.1 Å². The van der Waals surface area contributed by atoms with Gasteiger partial charge in [0.25, 0.3) is 0 Å². The van der Waals surface area contributed by atoms with Crippen LogP contribution in [-0.4, -0.2) is 51.8 Å². The Morgan fingerprint density at radius 2 is 1.62 bits per heavy atom. The largest absolute Gasteiger partial charge is 0.361 e. The lowest BCUT2D eigenvalue weighted by atomic mass is 10.0. The molecule has 5 rings (SSSR count). The van der Waals surface area contributed by atoms with Gasteiger partial charge in [-0.2, -0.15) is 0 Å². The van der Waals surface area contributed by atoms with E-state index in [2.05, 4.69) is 26.7 Å². The number of piperazine rings is 1. The lowest BCUT2D eigenvalue weighted by molar-refractivity contribution is 0.112. The van der Waals surface area contributed by atoms with Crippen molar-refractivity contribution in [2.24, 2.45) is 0 Å². The number of carbonyl (C=O) groups is 1. The van der Waals surface area contributed by atoms with Crippen LogP contribution < -0.4 is 9.62 Å². The molecule has 8 heteroatoms. The van der Waals surface area contributed by atoms with Crippen molar-refractivity contribution < 1.29 is 13.2 Å². The molecule has 2 aromatic carbocycles. The summed E-state index contributed by atoms with van der Waals surface area (Å²) in [6, 6.07) is 20.5. The normalized spacial score (nSPS) is 21.4. The number of sulfonamides is 1. The van der Waals surface area contributed by atoms with E-state index in [0.717, 1.165) is 42.3 Å². The Labute approximate surface area is 192 Å². The summed E-state index contributed by atoms with van der Waals surface area (Å²) in [5.74, 6) is 0. The summed E-state index contributed by atoms with van der Waals surface area (Å²) in [5.41, 5.74) is 2.41. The van der Waals surface area contributed by atoms with E-state index < -0.39 is 10.0 Å². The third-order valence-electron chi connectivity index (χ3n) is 6.30. The Bertz CT molecular complexity index is 1200. The van der Waals surface area contributed by atoms with Crippen LogP contribution in [-0.2, 0) is 16.4 Å². The predicted molar refractivity (Wildman–Crippen MR) is 127 cm³/mol. The van der Waals surface area contributed by atoms with Gasteiger partial charge in [0.2, 0.25) is 10.0 Å². The molecule has 1 fully saturated rings. The summed E-state index contributed by atoms with van der Waals surface area (Å²) in [4.78, 5) is 16.8. The molecule has 0 bridgehead atoms. The van der Waals surface area contributed by atoms with Crippen molar-refractivity contribution in [2.75, 3.05) is 31.1 Å². The first kappa shape index (κ1) is 21.3. The second kappa shape index (κ2) is 8.78. The molecule has 1 aliphatic carbocycles. The van der Waals surface area contributed by atoms with Crippen molar-refractivity contribution in [1.82, 2.24) is 9.62 Å². The van der Waals surface area contributed by atoms with E-state index in [1.807, 2.05) is 30.3 Å². The summed E-state index contributed by atoms with van der Waals surface area (Å²) >= 11 is 1.52. The van der Waals surface area contributed by atoms with Gasteiger partial charge in [-0.05, 0) is 41.8 Å². The van der Waals surface area contributed by atoms with Crippen LogP contribution in [0.5, 0.6) is 0 Å². The Hall–Kier alpha value is -2.52. The summed E-state index contributed by atoms with van der Waals surface area (Å²) in [7, 11) is -3.61. The van der Waals surface area contributed by atoms with Gasteiger partial charge in [0.15, 0.2) is 6.29 Å². The van der Waals surface area contributed by atoms with Crippen LogP contribution in [0.1, 0.15) is 26.8 Å². The van der Waals surface area contributed by atoms with Crippen molar-refractivity contribution in [2.45, 2.75) is 23.4 Å². The molecule has 6 nitrogen and oxygen atoms in total. The standard InChI is InChI=1S/C24H25N3O3S2/c28-17-19-10-11-23(31-19)26-12-14-27(15-13-26)24-21-9-5-4-6-18(21)16-22(24)25-32(29,30)20-7-2-1-3-8-20/h1-11,17,22,24-25H,12-16H2/t22-,24-/m0/s1. The molecule has 0 saturated carbocycles. The van der Waals surface area contributed by atoms with Crippen molar-refractivity contribution in [1.29, 1.82) is 0 Å². The number of rotatable bonds is 6. The zero-order valence-electron chi connectivity index (χ0n) is 17.6. The van der Waals surface area contributed by atoms with Crippen LogP contribution in [0.15, 0.2) is 71.6 Å². The number of benzene rings is 2. The van der Waals surface area contributed by atoms with Crippen LogP contribution in [0.25, 0.3) is 0 Å². The molecule has 0 amide bonds. The maximum Gasteiger partial charge on any atom is 0.240 e. The topological polar surface area (TPSA) is 69.7 Å². The maximum atomic E-state index is 13.1. The first-order valence-electron chi connectivity index (χ1n) is 10.7. The van der Waals surface area contributed by atoms with Crippen LogP contribution in [0.3, 0.4) is 0 Å². The SMILES string of the molecule is O=Cc1ccc(N2CCN([C@H]3c4ccccc4C[C@@H]3NS(=O)(=O)c3ccccc3)CC2)s1. The fraction of sp³-hybridized carbons (Fsp3) is 0.292. The lowest BCUT2D eigenvalue weighted by Gasteiger charge is -2.40. The molecule has 32 heavy (non-hydrogen) atoms. The highest BCUT2D eigenvalue weighted by molar-refractivity contribution is 7.89. The van der Waals surface area contributed by atoms with E-state index in [1.54, 1.807) is 24.3 Å². The molecule has 0 unspecified atom stereocenters. The van der Waals surface area contributed by atoms with Crippen LogP contribution in [0.4, 0.5) is 5.00 Å². The van der Waals surface area contributed by atoms with Gasteiger partial charge < -0.3 is 4.90 Å². The minimum Gasteiger partial charge on any atom is -0.361 e. The molecule has 0 radical (unpaired) electrons. The molecule has 3 aromatic rings. The third-order valence-corrected chi connectivity index (χ3v) is 8.88. The van der Waals surface area contributed by atoms with E-state index in [0.29, 0.717) is 11.3 Å². The Morgan fingerprint density at radius 1 is 0.906 bits per heavy atom. The molecule has 0 spiro atoms. The molecular formula is C24H25N3O3S2. The fourth-order valence-corrected chi connectivity index (χ4v) is 6.93. The smallest absolute Gasteiger partial charge is 0.240 e. The van der Waals surface area contributed by atoms with Gasteiger partial charge in [0, 0.05) is 32.2 Å². The van der Waals surface area contributed by atoms with Crippen LogP contribution in [0.2, 0.25) is 0 Å². The van der Waals surface area contributed by atoms with Gasteiger partial charge in [0.05, 0.1) is 20.8 Å². The van der Waals surface area contributed by atoms with Gasteiger partial charge in [0.1, 0.15) is 0 Å².